The van der Waals surface area contributed by atoms with Gasteiger partial charge in [-0.3, -0.25) is 9.69 Å². The number of benzene rings is 1. The third-order valence-electron chi connectivity index (χ3n) is 5.83. The fourth-order valence-corrected chi connectivity index (χ4v) is 4.10. The summed E-state index contributed by atoms with van der Waals surface area (Å²) in [5.74, 6) is 0.187. The van der Waals surface area contributed by atoms with Gasteiger partial charge in [0.1, 0.15) is 6.26 Å². The molecule has 0 N–H and O–H groups in total. The number of amides is 1. The van der Waals surface area contributed by atoms with Crippen LogP contribution < -0.4 is 0 Å². The molecule has 0 unspecified atom stereocenters. The van der Waals surface area contributed by atoms with E-state index in [2.05, 4.69) is 25.3 Å². The normalized spacial score (nSPS) is 17.3. The van der Waals surface area contributed by atoms with Crippen molar-refractivity contribution in [2.75, 3.05) is 19.6 Å². The van der Waals surface area contributed by atoms with Crippen molar-refractivity contribution in [3.05, 3.63) is 64.6 Å². The highest BCUT2D eigenvalue weighted by atomic mass is 19.4. The van der Waals surface area contributed by atoms with Crippen LogP contribution in [0.1, 0.15) is 41.0 Å². The Labute approximate surface area is 204 Å². The summed E-state index contributed by atoms with van der Waals surface area (Å²) < 4.78 is 57.5. The predicted molar refractivity (Wildman–Crippen MR) is 120 cm³/mol. The lowest BCUT2D eigenvalue weighted by Gasteiger charge is -2.39. The first-order valence-corrected chi connectivity index (χ1v) is 11.3. The Bertz CT molecular complexity index is 1240. The predicted octanol–water partition coefficient (Wildman–Crippen LogP) is 3.25. The zero-order valence-corrected chi connectivity index (χ0v) is 19.7. The number of aryl methyl sites for hydroxylation is 1. The number of nitrogens with zero attached hydrogens (tertiary/aromatic N) is 7. The van der Waals surface area contributed by atoms with Crippen molar-refractivity contribution in [1.82, 2.24) is 35.0 Å². The summed E-state index contributed by atoms with van der Waals surface area (Å²) in [5.41, 5.74) is 0.589. The molecule has 2 aromatic heterocycles. The summed E-state index contributed by atoms with van der Waals surface area (Å²) in [6.45, 7) is 4.86. The molecule has 36 heavy (non-hydrogen) atoms. The molecule has 4 rings (SSSR count). The van der Waals surface area contributed by atoms with Crippen LogP contribution in [0.4, 0.5) is 17.6 Å². The summed E-state index contributed by atoms with van der Waals surface area (Å²) in [5, 5.41) is 11.6. The van der Waals surface area contributed by atoms with Crippen LogP contribution >= 0.6 is 0 Å². The van der Waals surface area contributed by atoms with E-state index < -0.39 is 18.4 Å². The Morgan fingerprint density at radius 2 is 2.06 bits per heavy atom. The van der Waals surface area contributed by atoms with Crippen molar-refractivity contribution < 1.29 is 26.8 Å². The molecule has 1 aliphatic rings. The van der Waals surface area contributed by atoms with Crippen molar-refractivity contribution >= 4 is 12.0 Å². The number of oxazole rings is 1. The number of alkyl halides is 4. The molecule has 13 heteroatoms. The maximum atomic E-state index is 13.3. The van der Waals surface area contributed by atoms with Crippen molar-refractivity contribution in [1.29, 1.82) is 0 Å². The molecule has 3 aromatic rings. The van der Waals surface area contributed by atoms with E-state index in [9.17, 15) is 22.4 Å². The van der Waals surface area contributed by atoms with Crippen LogP contribution in [-0.4, -0.2) is 66.6 Å². The number of tetrazole rings is 1. The molecule has 0 saturated carbocycles. The molecular formula is C23H25F4N7O2. The number of carbonyl (C=O) groups excluding carboxylic acids is 1. The largest absolute Gasteiger partial charge is 0.446 e. The van der Waals surface area contributed by atoms with Crippen LogP contribution in [0.5, 0.6) is 0 Å². The van der Waals surface area contributed by atoms with Crippen LogP contribution in [-0.2, 0) is 30.7 Å². The molecule has 3 heterocycles. The molecule has 9 nitrogen and oxygen atoms in total. The van der Waals surface area contributed by atoms with Gasteiger partial charge in [-0.25, -0.2) is 9.37 Å². The number of carbonyl (C=O) groups is 1. The van der Waals surface area contributed by atoms with E-state index in [4.69, 9.17) is 4.42 Å². The van der Waals surface area contributed by atoms with Gasteiger partial charge < -0.3 is 9.32 Å². The van der Waals surface area contributed by atoms with Gasteiger partial charge in [0.05, 0.1) is 17.8 Å². The maximum absolute atomic E-state index is 13.3. The highest BCUT2D eigenvalue weighted by Crippen LogP contribution is 2.31. The minimum absolute atomic E-state index is 0.0279. The van der Waals surface area contributed by atoms with E-state index in [0.29, 0.717) is 48.8 Å². The smallest absolute Gasteiger partial charge is 0.416 e. The number of hydrogen-bond donors (Lipinski definition) is 0. The minimum atomic E-state index is -4.51. The minimum Gasteiger partial charge on any atom is -0.446 e. The molecule has 0 radical (unpaired) electrons. The average Bonchev–Trinajstić information content (AvgIpc) is 3.45. The van der Waals surface area contributed by atoms with Crippen LogP contribution in [0.3, 0.4) is 0 Å². The molecule has 0 aliphatic carbocycles. The number of hydrogen-bond acceptors (Lipinski definition) is 7. The van der Waals surface area contributed by atoms with Crippen molar-refractivity contribution in [2.24, 2.45) is 0 Å². The first kappa shape index (κ1) is 25.5. The lowest BCUT2D eigenvalue weighted by Crippen LogP contribution is -2.53. The van der Waals surface area contributed by atoms with E-state index >= 15 is 0 Å². The second kappa shape index (κ2) is 10.6. The fraction of sp³-hybridized carbons (Fsp3) is 0.435. The van der Waals surface area contributed by atoms with Gasteiger partial charge in [-0.05, 0) is 48.4 Å². The molecular weight excluding hydrogens is 482 g/mol. The van der Waals surface area contributed by atoms with Gasteiger partial charge in [0.2, 0.25) is 11.8 Å². The van der Waals surface area contributed by atoms with E-state index in [1.807, 2.05) is 6.92 Å². The summed E-state index contributed by atoms with van der Waals surface area (Å²) in [6, 6.07) is 3.23. The average molecular weight is 507 g/mol. The Morgan fingerprint density at radius 1 is 1.25 bits per heavy atom. The zero-order valence-electron chi connectivity index (χ0n) is 19.7. The Hall–Kier alpha value is -3.61. The molecule has 1 aliphatic heterocycles. The molecule has 1 atom stereocenters. The highest BCUT2D eigenvalue weighted by Gasteiger charge is 2.31. The monoisotopic (exact) mass is 507 g/mol. The molecule has 1 amide bonds. The second-order valence-corrected chi connectivity index (χ2v) is 8.59. The fourth-order valence-electron chi connectivity index (χ4n) is 4.10. The first-order valence-electron chi connectivity index (χ1n) is 11.3. The standard InChI is InChI=1S/C23H25F4N7O2/c1-15-11-32(13-20-14-36-21(10-24)28-20)7-8-33(15)22(35)6-4-17-3-5-19(23(25,26)27)9-18(17)12-34-30-16(2)29-31-34/h3-6,9,14-15H,7-8,10-13H2,1-2H3/b6-4+/t15-/m1/s1. The van der Waals surface area contributed by atoms with Crippen molar-refractivity contribution in [3.63, 3.8) is 0 Å². The quantitative estimate of drug-likeness (QED) is 0.358. The van der Waals surface area contributed by atoms with Crippen molar-refractivity contribution in [3.8, 4) is 0 Å². The van der Waals surface area contributed by atoms with Gasteiger partial charge in [-0.15, -0.1) is 10.2 Å². The zero-order chi connectivity index (χ0) is 25.9. The van der Waals surface area contributed by atoms with Gasteiger partial charge in [-0.1, -0.05) is 6.07 Å². The van der Waals surface area contributed by atoms with E-state index in [-0.39, 0.29) is 24.4 Å². The van der Waals surface area contributed by atoms with Gasteiger partial charge in [0.15, 0.2) is 12.5 Å². The first-order chi connectivity index (χ1) is 17.1. The van der Waals surface area contributed by atoms with Gasteiger partial charge in [-0.2, -0.15) is 18.0 Å². The number of halogens is 4. The third kappa shape index (κ3) is 6.14. The Kier molecular flexibility index (Phi) is 7.48. The number of piperazine rings is 1. The summed E-state index contributed by atoms with van der Waals surface area (Å²) in [7, 11) is 0. The SMILES string of the molecule is Cc1nnn(Cc2cc(C(F)(F)F)ccc2/C=C/C(=O)N2CCN(Cc3coc(CF)n3)C[C@H]2C)n1. The van der Waals surface area contributed by atoms with E-state index in [0.717, 1.165) is 12.1 Å². The molecule has 1 aromatic carbocycles. The highest BCUT2D eigenvalue weighted by molar-refractivity contribution is 5.92. The van der Waals surface area contributed by atoms with Crippen molar-refractivity contribution in [2.45, 2.75) is 45.8 Å². The number of aromatic nitrogens is 5. The van der Waals surface area contributed by atoms with Crippen LogP contribution in [0, 0.1) is 6.92 Å². The molecule has 1 saturated heterocycles. The summed E-state index contributed by atoms with van der Waals surface area (Å²) in [4.78, 5) is 22.0. The second-order valence-electron chi connectivity index (χ2n) is 8.59. The molecule has 192 valence electrons. The van der Waals surface area contributed by atoms with Gasteiger partial charge in [0.25, 0.3) is 0 Å². The third-order valence-corrected chi connectivity index (χ3v) is 5.83. The van der Waals surface area contributed by atoms with Crippen LogP contribution in [0.25, 0.3) is 6.08 Å². The van der Waals surface area contributed by atoms with Crippen LogP contribution in [0.15, 0.2) is 35.0 Å². The van der Waals surface area contributed by atoms with E-state index in [1.165, 1.54) is 29.3 Å². The van der Waals surface area contributed by atoms with Crippen LogP contribution in [0.2, 0.25) is 0 Å². The molecule has 0 bridgehead atoms. The lowest BCUT2D eigenvalue weighted by molar-refractivity contribution is -0.137. The Balaban J connectivity index is 1.44. The molecule has 0 spiro atoms. The Morgan fingerprint density at radius 3 is 2.69 bits per heavy atom. The number of rotatable bonds is 7. The summed E-state index contributed by atoms with van der Waals surface area (Å²) in [6.07, 6.45) is -0.206. The van der Waals surface area contributed by atoms with Gasteiger partial charge in [0, 0.05) is 38.3 Å². The topological polar surface area (TPSA) is 93.2 Å². The molecule has 1 fully saturated rings. The lowest BCUT2D eigenvalue weighted by atomic mass is 10.0. The summed E-state index contributed by atoms with van der Waals surface area (Å²) >= 11 is 0. The van der Waals surface area contributed by atoms with E-state index in [1.54, 1.807) is 11.8 Å². The van der Waals surface area contributed by atoms with Gasteiger partial charge >= 0.3 is 6.18 Å². The maximum Gasteiger partial charge on any atom is 0.416 e.